The Kier molecular flexibility index (Phi) is 9.95. The molecule has 0 heterocycles. The average Bonchev–Trinajstić information content (AvgIpc) is 1.65. The van der Waals surface area contributed by atoms with E-state index in [0.29, 0.717) is 0 Å². The van der Waals surface area contributed by atoms with Gasteiger partial charge in [0.1, 0.15) is 0 Å². The zero-order chi connectivity index (χ0) is 4.99. The standard InChI is InChI=1S/C6H14.Li.H/c1-4-6(3)5-2;;/h6H,4-5H2,1-3H3;;. The third kappa shape index (κ3) is 6.60. The van der Waals surface area contributed by atoms with Crippen LogP contribution in [0.5, 0.6) is 0 Å². The van der Waals surface area contributed by atoms with Crippen molar-refractivity contribution in [1.29, 1.82) is 0 Å². The SMILES string of the molecule is CCC(C)CC.[LiH]. The van der Waals surface area contributed by atoms with Gasteiger partial charge in [0.25, 0.3) is 0 Å². The van der Waals surface area contributed by atoms with Crippen LogP contribution in [0, 0.1) is 5.92 Å². The Morgan fingerprint density at radius 1 is 1.14 bits per heavy atom. The predicted octanol–water partition coefficient (Wildman–Crippen LogP) is 1.79. The van der Waals surface area contributed by atoms with Crippen LogP contribution >= 0.6 is 0 Å². The van der Waals surface area contributed by atoms with Crippen LogP contribution < -0.4 is 0 Å². The van der Waals surface area contributed by atoms with E-state index in [-0.39, 0.29) is 18.9 Å². The molecule has 0 aliphatic carbocycles. The van der Waals surface area contributed by atoms with E-state index in [1.807, 2.05) is 0 Å². The van der Waals surface area contributed by atoms with Gasteiger partial charge in [-0.25, -0.2) is 0 Å². The van der Waals surface area contributed by atoms with E-state index in [1.54, 1.807) is 0 Å². The van der Waals surface area contributed by atoms with Crippen LogP contribution in [0.3, 0.4) is 0 Å². The molecule has 0 rings (SSSR count). The summed E-state index contributed by atoms with van der Waals surface area (Å²) >= 11 is 0. The molecule has 0 saturated heterocycles. The monoisotopic (exact) mass is 94.1 g/mol. The Bertz CT molecular complexity index is 23.4. The third-order valence-electron chi connectivity index (χ3n) is 1.39. The molecule has 1 heteroatoms. The summed E-state index contributed by atoms with van der Waals surface area (Å²) in [5.74, 6) is 0.935. The Morgan fingerprint density at radius 3 is 1.43 bits per heavy atom. The van der Waals surface area contributed by atoms with Crippen molar-refractivity contribution in [2.45, 2.75) is 33.6 Å². The van der Waals surface area contributed by atoms with Crippen molar-refractivity contribution in [3.63, 3.8) is 0 Å². The Balaban J connectivity index is 0. The summed E-state index contributed by atoms with van der Waals surface area (Å²) < 4.78 is 0. The van der Waals surface area contributed by atoms with Crippen molar-refractivity contribution in [1.82, 2.24) is 0 Å². The average molecular weight is 94.1 g/mol. The van der Waals surface area contributed by atoms with Crippen molar-refractivity contribution >= 4 is 18.9 Å². The van der Waals surface area contributed by atoms with Gasteiger partial charge in [0, 0.05) is 0 Å². The predicted molar refractivity (Wildman–Crippen MR) is 36.9 cm³/mol. The quantitative estimate of drug-likeness (QED) is 0.457. The molecule has 0 aromatic heterocycles. The fourth-order valence-corrected chi connectivity index (χ4v) is 0.289. The molecule has 0 unspecified atom stereocenters. The third-order valence-corrected chi connectivity index (χ3v) is 1.39. The molecule has 0 spiro atoms. The first-order chi connectivity index (χ1) is 2.81. The molecule has 0 fully saturated rings. The Morgan fingerprint density at radius 2 is 1.43 bits per heavy atom. The Labute approximate surface area is 58.9 Å². The van der Waals surface area contributed by atoms with Gasteiger partial charge in [-0.2, -0.15) is 0 Å². The van der Waals surface area contributed by atoms with Crippen molar-refractivity contribution < 1.29 is 0 Å². The minimum atomic E-state index is 0. The van der Waals surface area contributed by atoms with Gasteiger partial charge in [0.15, 0.2) is 0 Å². The van der Waals surface area contributed by atoms with Crippen LogP contribution in [-0.2, 0) is 0 Å². The van der Waals surface area contributed by atoms with Gasteiger partial charge in [0.2, 0.25) is 0 Å². The van der Waals surface area contributed by atoms with E-state index in [2.05, 4.69) is 20.8 Å². The van der Waals surface area contributed by atoms with E-state index in [9.17, 15) is 0 Å². The summed E-state index contributed by atoms with van der Waals surface area (Å²) in [4.78, 5) is 0. The maximum absolute atomic E-state index is 2.28. The van der Waals surface area contributed by atoms with E-state index >= 15 is 0 Å². The van der Waals surface area contributed by atoms with Crippen LogP contribution in [0.4, 0.5) is 0 Å². The second-order valence-corrected chi connectivity index (χ2v) is 1.92. The number of hydrogen-bond acceptors (Lipinski definition) is 0. The molecule has 0 aromatic rings. The van der Waals surface area contributed by atoms with Crippen LogP contribution in [-0.4, -0.2) is 18.9 Å². The van der Waals surface area contributed by atoms with Crippen molar-refractivity contribution in [2.24, 2.45) is 5.92 Å². The van der Waals surface area contributed by atoms with Crippen molar-refractivity contribution in [2.75, 3.05) is 0 Å². The topological polar surface area (TPSA) is 0 Å². The Hall–Kier alpha value is 0.597. The molecule has 0 saturated carbocycles. The molecule has 0 aromatic carbocycles. The first-order valence-electron chi connectivity index (χ1n) is 2.81. The van der Waals surface area contributed by atoms with E-state index in [1.165, 1.54) is 12.8 Å². The van der Waals surface area contributed by atoms with Gasteiger partial charge >= 0.3 is 18.9 Å². The van der Waals surface area contributed by atoms with Gasteiger partial charge in [-0.15, -0.1) is 0 Å². The van der Waals surface area contributed by atoms with Gasteiger partial charge in [0.05, 0.1) is 0 Å². The van der Waals surface area contributed by atoms with Crippen molar-refractivity contribution in [3.05, 3.63) is 0 Å². The molecule has 7 heavy (non-hydrogen) atoms. The van der Waals surface area contributed by atoms with Gasteiger partial charge in [-0.1, -0.05) is 33.6 Å². The van der Waals surface area contributed by atoms with Crippen LogP contribution in [0.25, 0.3) is 0 Å². The van der Waals surface area contributed by atoms with Crippen LogP contribution in [0.15, 0.2) is 0 Å². The number of hydrogen-bond donors (Lipinski definition) is 0. The summed E-state index contributed by atoms with van der Waals surface area (Å²) in [6.45, 7) is 6.74. The molecule has 0 aliphatic heterocycles. The maximum atomic E-state index is 2.28. The second kappa shape index (κ2) is 6.60. The van der Waals surface area contributed by atoms with E-state index < -0.39 is 0 Å². The first-order valence-corrected chi connectivity index (χ1v) is 2.81. The molecule has 0 bridgehead atoms. The van der Waals surface area contributed by atoms with E-state index in [4.69, 9.17) is 0 Å². The van der Waals surface area contributed by atoms with Crippen LogP contribution in [0.1, 0.15) is 33.6 Å². The summed E-state index contributed by atoms with van der Waals surface area (Å²) in [5.41, 5.74) is 0. The first kappa shape index (κ1) is 10.6. The van der Waals surface area contributed by atoms with Gasteiger partial charge in [-0.05, 0) is 5.92 Å². The molecule has 0 atom stereocenters. The molecule has 0 nitrogen and oxygen atoms in total. The van der Waals surface area contributed by atoms with Gasteiger partial charge in [-0.3, -0.25) is 0 Å². The molecule has 0 radical (unpaired) electrons. The fourth-order valence-electron chi connectivity index (χ4n) is 0.289. The molecule has 0 aliphatic rings. The fraction of sp³-hybridized carbons (Fsp3) is 1.00. The summed E-state index contributed by atoms with van der Waals surface area (Å²) in [6, 6.07) is 0. The molecule has 0 N–H and O–H groups in total. The van der Waals surface area contributed by atoms with Crippen molar-refractivity contribution in [3.8, 4) is 0 Å². The second-order valence-electron chi connectivity index (χ2n) is 1.92. The van der Waals surface area contributed by atoms with E-state index in [0.717, 1.165) is 5.92 Å². The summed E-state index contributed by atoms with van der Waals surface area (Å²) in [6.07, 6.45) is 2.66. The molecular formula is C6H15Li. The minimum absolute atomic E-state index is 0. The molecule has 40 valence electrons. The number of rotatable bonds is 2. The van der Waals surface area contributed by atoms with Crippen LogP contribution in [0.2, 0.25) is 0 Å². The zero-order valence-corrected chi connectivity index (χ0v) is 4.99. The van der Waals surface area contributed by atoms with Gasteiger partial charge < -0.3 is 0 Å². The summed E-state index contributed by atoms with van der Waals surface area (Å²) in [7, 11) is 0. The molecular weight excluding hydrogens is 79.0 g/mol. The zero-order valence-electron chi connectivity index (χ0n) is 4.99. The normalized spacial score (nSPS) is 8.57. The molecule has 0 amide bonds. The summed E-state index contributed by atoms with van der Waals surface area (Å²) in [5, 5.41) is 0.